The van der Waals surface area contributed by atoms with Crippen LogP contribution in [0.25, 0.3) is 5.78 Å². The second-order valence-corrected chi connectivity index (χ2v) is 6.68. The van der Waals surface area contributed by atoms with Crippen molar-refractivity contribution < 1.29 is 9.53 Å². The van der Waals surface area contributed by atoms with Crippen molar-refractivity contribution in [2.75, 3.05) is 5.73 Å². The van der Waals surface area contributed by atoms with Gasteiger partial charge in [0.2, 0.25) is 5.95 Å². The van der Waals surface area contributed by atoms with Crippen LogP contribution in [0.15, 0.2) is 18.2 Å². The molecular weight excluding hydrogens is 377 g/mol. The first kappa shape index (κ1) is 18.4. The van der Waals surface area contributed by atoms with E-state index >= 15 is 0 Å². The van der Waals surface area contributed by atoms with E-state index in [1.54, 1.807) is 22.7 Å². The van der Waals surface area contributed by atoms with E-state index < -0.39 is 0 Å². The van der Waals surface area contributed by atoms with Crippen LogP contribution in [-0.4, -0.2) is 25.6 Å². The molecule has 26 heavy (non-hydrogen) atoms. The molecule has 0 saturated carbocycles. The lowest BCUT2D eigenvalue weighted by atomic mass is 10.1. The van der Waals surface area contributed by atoms with Gasteiger partial charge in [0.05, 0.1) is 0 Å². The Hall–Kier alpha value is -2.38. The van der Waals surface area contributed by atoms with Crippen molar-refractivity contribution in [3.63, 3.8) is 0 Å². The highest BCUT2D eigenvalue weighted by atomic mass is 35.5. The summed E-state index contributed by atoms with van der Waals surface area (Å²) in [5.41, 5.74) is 8.89. The maximum absolute atomic E-state index is 12.1. The Morgan fingerprint density at radius 1 is 1.27 bits per heavy atom. The van der Waals surface area contributed by atoms with E-state index in [9.17, 15) is 4.79 Å². The highest BCUT2D eigenvalue weighted by molar-refractivity contribution is 6.35. The molecular formula is C17H17Cl2N5O2. The van der Waals surface area contributed by atoms with Crippen LogP contribution in [0.4, 0.5) is 5.95 Å². The molecule has 2 heterocycles. The molecule has 2 N–H and O–H groups in total. The van der Waals surface area contributed by atoms with Gasteiger partial charge in [-0.25, -0.2) is 4.98 Å². The molecule has 0 spiro atoms. The van der Waals surface area contributed by atoms with Crippen LogP contribution >= 0.6 is 23.2 Å². The van der Waals surface area contributed by atoms with E-state index in [4.69, 9.17) is 33.7 Å². The minimum absolute atomic E-state index is 0.101. The number of fused-ring (bicyclic) bond motifs is 1. The van der Waals surface area contributed by atoms with Gasteiger partial charge in [-0.3, -0.25) is 4.79 Å². The summed E-state index contributed by atoms with van der Waals surface area (Å²) in [7, 11) is 0. The third-order valence-electron chi connectivity index (χ3n) is 4.05. The van der Waals surface area contributed by atoms with E-state index in [-0.39, 0.29) is 24.9 Å². The number of rotatable bonds is 5. The summed E-state index contributed by atoms with van der Waals surface area (Å²) >= 11 is 11.9. The van der Waals surface area contributed by atoms with Crippen LogP contribution in [0.1, 0.15) is 28.9 Å². The molecule has 1 aromatic carbocycles. The molecule has 0 aliphatic rings. The number of hydrogen-bond donors (Lipinski definition) is 1. The number of nitrogen functional groups attached to an aromatic ring is 1. The first-order valence-electron chi connectivity index (χ1n) is 7.93. The quantitative estimate of drug-likeness (QED) is 0.667. The Bertz CT molecular complexity index is 987. The van der Waals surface area contributed by atoms with Crippen LogP contribution in [0.2, 0.25) is 10.0 Å². The van der Waals surface area contributed by atoms with Gasteiger partial charge in [0.15, 0.2) is 0 Å². The monoisotopic (exact) mass is 393 g/mol. The van der Waals surface area contributed by atoms with E-state index in [1.807, 2.05) is 13.8 Å². The largest absolute Gasteiger partial charge is 0.461 e. The average molecular weight is 394 g/mol. The maximum Gasteiger partial charge on any atom is 0.306 e. The first-order valence-corrected chi connectivity index (χ1v) is 8.68. The lowest BCUT2D eigenvalue weighted by Crippen LogP contribution is -2.10. The molecule has 0 unspecified atom stereocenters. The summed E-state index contributed by atoms with van der Waals surface area (Å²) < 4.78 is 6.88. The normalized spacial score (nSPS) is 11.1. The number of carbonyl (C=O) groups excluding carboxylic acids is 1. The summed E-state index contributed by atoms with van der Waals surface area (Å²) in [6.07, 6.45) is 0.692. The molecule has 0 amide bonds. The van der Waals surface area contributed by atoms with Crippen molar-refractivity contribution in [1.29, 1.82) is 0 Å². The van der Waals surface area contributed by atoms with E-state index in [0.717, 1.165) is 17.0 Å². The summed E-state index contributed by atoms with van der Waals surface area (Å²) in [5.74, 6) is 0.283. The summed E-state index contributed by atoms with van der Waals surface area (Å²) in [6, 6.07) is 5.05. The molecule has 136 valence electrons. The van der Waals surface area contributed by atoms with Gasteiger partial charge in [-0.2, -0.15) is 9.50 Å². The van der Waals surface area contributed by atoms with Gasteiger partial charge in [-0.05, 0) is 38.0 Å². The van der Waals surface area contributed by atoms with Crippen LogP contribution in [0, 0.1) is 13.8 Å². The summed E-state index contributed by atoms with van der Waals surface area (Å²) in [4.78, 5) is 20.5. The molecule has 0 fully saturated rings. The Labute approximate surface area is 160 Å². The van der Waals surface area contributed by atoms with Crippen LogP contribution < -0.4 is 5.73 Å². The summed E-state index contributed by atoms with van der Waals surface area (Å²) in [5, 5.41) is 5.12. The van der Waals surface area contributed by atoms with Gasteiger partial charge in [0, 0.05) is 33.4 Å². The third kappa shape index (κ3) is 3.89. The highest BCUT2D eigenvalue weighted by Gasteiger charge is 2.14. The zero-order valence-electron chi connectivity index (χ0n) is 14.3. The van der Waals surface area contributed by atoms with Crippen LogP contribution in [0.5, 0.6) is 0 Å². The second-order valence-electron chi connectivity index (χ2n) is 5.84. The van der Waals surface area contributed by atoms with Crippen LogP contribution in [-0.2, 0) is 22.6 Å². The molecule has 0 radical (unpaired) electrons. The number of aromatic nitrogens is 4. The van der Waals surface area contributed by atoms with Crippen LogP contribution in [0.3, 0.4) is 0 Å². The van der Waals surface area contributed by atoms with Gasteiger partial charge >= 0.3 is 5.97 Å². The number of aryl methyl sites for hydroxylation is 2. The second kappa shape index (κ2) is 7.47. The number of anilines is 1. The fraction of sp³-hybridized carbons (Fsp3) is 0.294. The lowest BCUT2D eigenvalue weighted by molar-refractivity contribution is -0.144. The molecule has 7 nitrogen and oxygen atoms in total. The minimum atomic E-state index is -0.326. The van der Waals surface area contributed by atoms with Crippen molar-refractivity contribution >= 4 is 40.9 Å². The van der Waals surface area contributed by atoms with Gasteiger partial charge in [-0.15, -0.1) is 5.10 Å². The van der Waals surface area contributed by atoms with Crippen molar-refractivity contribution in [2.45, 2.75) is 33.3 Å². The van der Waals surface area contributed by atoms with E-state index in [1.165, 1.54) is 0 Å². The molecule has 3 aromatic rings. The zero-order valence-corrected chi connectivity index (χ0v) is 15.8. The van der Waals surface area contributed by atoms with Gasteiger partial charge < -0.3 is 10.5 Å². The maximum atomic E-state index is 12.1. The number of esters is 1. The Morgan fingerprint density at radius 2 is 2.04 bits per heavy atom. The molecule has 0 atom stereocenters. The Morgan fingerprint density at radius 3 is 2.77 bits per heavy atom. The number of benzene rings is 1. The van der Waals surface area contributed by atoms with E-state index in [0.29, 0.717) is 27.8 Å². The molecule has 9 heteroatoms. The highest BCUT2D eigenvalue weighted by Crippen LogP contribution is 2.22. The number of nitrogens with zero attached hydrogens (tertiary/aromatic N) is 4. The van der Waals surface area contributed by atoms with Gasteiger partial charge in [0.25, 0.3) is 5.78 Å². The molecule has 0 saturated heterocycles. The zero-order chi connectivity index (χ0) is 18.8. The summed E-state index contributed by atoms with van der Waals surface area (Å²) in [6.45, 7) is 3.86. The molecule has 2 aromatic heterocycles. The fourth-order valence-electron chi connectivity index (χ4n) is 2.68. The Balaban J connectivity index is 1.65. The average Bonchev–Trinajstić information content (AvgIpc) is 2.94. The molecule has 3 rings (SSSR count). The van der Waals surface area contributed by atoms with Crippen molar-refractivity contribution in [3.05, 3.63) is 50.8 Å². The Kier molecular flexibility index (Phi) is 5.29. The van der Waals surface area contributed by atoms with Gasteiger partial charge in [-0.1, -0.05) is 29.3 Å². The number of halogens is 2. The predicted molar refractivity (Wildman–Crippen MR) is 99.2 cm³/mol. The molecule has 0 bridgehead atoms. The van der Waals surface area contributed by atoms with E-state index in [2.05, 4.69) is 15.1 Å². The smallest absolute Gasteiger partial charge is 0.306 e. The topological polar surface area (TPSA) is 95.4 Å². The standard InChI is InChI=1S/C17H17Cl2N5O2/c1-9-13(10(2)24-17(21-9)22-16(20)23-24)5-6-15(25)26-8-11-3-4-12(18)7-14(11)19/h3-4,7H,5-6,8H2,1-2H3,(H2,20,23). The SMILES string of the molecule is Cc1nc2nc(N)nn2c(C)c1CCC(=O)OCc1ccc(Cl)cc1Cl. The number of hydrogen-bond acceptors (Lipinski definition) is 6. The predicted octanol–water partition coefficient (Wildman–Crippen LogP) is 3.31. The number of carbonyl (C=O) groups is 1. The molecule has 0 aliphatic heterocycles. The van der Waals surface area contributed by atoms with Gasteiger partial charge in [0.1, 0.15) is 6.61 Å². The minimum Gasteiger partial charge on any atom is -0.461 e. The first-order chi connectivity index (χ1) is 12.3. The molecule has 0 aliphatic carbocycles. The lowest BCUT2D eigenvalue weighted by Gasteiger charge is -2.10. The van der Waals surface area contributed by atoms with Crippen molar-refractivity contribution in [2.24, 2.45) is 0 Å². The van der Waals surface area contributed by atoms with Crippen molar-refractivity contribution in [3.8, 4) is 0 Å². The third-order valence-corrected chi connectivity index (χ3v) is 4.64. The number of nitrogens with two attached hydrogens (primary N) is 1. The number of ether oxygens (including phenoxy) is 1. The van der Waals surface area contributed by atoms with Crippen molar-refractivity contribution in [1.82, 2.24) is 19.6 Å². The fourth-order valence-corrected chi connectivity index (χ4v) is 3.14.